The van der Waals surface area contributed by atoms with E-state index in [1.165, 1.54) is 0 Å². The smallest absolute Gasteiger partial charge is 0.298 e. The number of carbonyl (C=O) groups excluding carboxylic acids is 1. The lowest BCUT2D eigenvalue weighted by Crippen LogP contribution is -2.40. The molecule has 3 aromatic rings. The van der Waals surface area contributed by atoms with Gasteiger partial charge in [0.2, 0.25) is 5.91 Å². The van der Waals surface area contributed by atoms with E-state index in [1.807, 2.05) is 36.4 Å². The van der Waals surface area contributed by atoms with Gasteiger partial charge in [0.1, 0.15) is 5.52 Å². The van der Waals surface area contributed by atoms with Gasteiger partial charge in [-0.1, -0.05) is 23.7 Å². The standard InChI is InChI=1S/C23H24ClN3O4/c24-17-12-15(13-20-21(17)30-11-3-10-29-20)14-25-22(28)16-6-8-27(9-7-16)23-26-18-4-1-2-5-19(18)31-23/h1-2,4-5,12-13,16H,3,6-11,14H2,(H,25,28). The number of fused-ring (bicyclic) bond motifs is 2. The van der Waals surface area contributed by atoms with Crippen LogP contribution in [0, 0.1) is 5.92 Å². The topological polar surface area (TPSA) is 76.8 Å². The number of nitrogens with zero attached hydrogens (tertiary/aromatic N) is 2. The fourth-order valence-electron chi connectivity index (χ4n) is 4.05. The first kappa shape index (κ1) is 20.0. The molecule has 2 aliphatic heterocycles. The molecule has 5 rings (SSSR count). The Balaban J connectivity index is 1.17. The zero-order valence-corrected chi connectivity index (χ0v) is 17.9. The van der Waals surface area contributed by atoms with Crippen LogP contribution in [0.5, 0.6) is 11.5 Å². The number of oxazole rings is 1. The number of anilines is 1. The lowest BCUT2D eigenvalue weighted by atomic mass is 9.96. The quantitative estimate of drug-likeness (QED) is 0.654. The summed E-state index contributed by atoms with van der Waals surface area (Å²) in [5.41, 5.74) is 2.53. The number of rotatable bonds is 4. The van der Waals surface area contributed by atoms with Crippen molar-refractivity contribution < 1.29 is 18.7 Å². The summed E-state index contributed by atoms with van der Waals surface area (Å²) in [6.07, 6.45) is 2.33. The number of carbonyl (C=O) groups is 1. The molecule has 3 heterocycles. The van der Waals surface area contributed by atoms with Crippen LogP contribution in [0.4, 0.5) is 6.01 Å². The maximum absolute atomic E-state index is 12.7. The number of piperidine rings is 1. The Kier molecular flexibility index (Phi) is 5.59. The van der Waals surface area contributed by atoms with Crippen LogP contribution >= 0.6 is 11.6 Å². The van der Waals surface area contributed by atoms with E-state index in [2.05, 4.69) is 15.2 Å². The molecule has 31 heavy (non-hydrogen) atoms. The van der Waals surface area contributed by atoms with Gasteiger partial charge in [0, 0.05) is 32.0 Å². The summed E-state index contributed by atoms with van der Waals surface area (Å²) in [7, 11) is 0. The predicted molar refractivity (Wildman–Crippen MR) is 118 cm³/mol. The molecule has 1 N–H and O–H groups in total. The summed E-state index contributed by atoms with van der Waals surface area (Å²) in [5, 5.41) is 3.55. The second-order valence-corrected chi connectivity index (χ2v) is 8.31. The second kappa shape index (κ2) is 8.67. The lowest BCUT2D eigenvalue weighted by molar-refractivity contribution is -0.125. The van der Waals surface area contributed by atoms with Crippen LogP contribution < -0.4 is 19.7 Å². The van der Waals surface area contributed by atoms with Crippen LogP contribution in [0.15, 0.2) is 40.8 Å². The molecule has 0 bridgehead atoms. The van der Waals surface area contributed by atoms with Crippen molar-refractivity contribution in [2.75, 3.05) is 31.2 Å². The molecule has 1 fully saturated rings. The third kappa shape index (κ3) is 4.28. The van der Waals surface area contributed by atoms with E-state index in [1.54, 1.807) is 0 Å². The molecule has 0 spiro atoms. The summed E-state index contributed by atoms with van der Waals surface area (Å²) in [4.78, 5) is 19.4. The average molecular weight is 442 g/mol. The third-order valence-corrected chi connectivity index (χ3v) is 6.03. The van der Waals surface area contributed by atoms with Gasteiger partial charge in [-0.2, -0.15) is 4.98 Å². The lowest BCUT2D eigenvalue weighted by Gasteiger charge is -2.30. The van der Waals surface area contributed by atoms with E-state index in [4.69, 9.17) is 25.5 Å². The van der Waals surface area contributed by atoms with E-state index < -0.39 is 0 Å². The third-order valence-electron chi connectivity index (χ3n) is 5.75. The van der Waals surface area contributed by atoms with Gasteiger partial charge < -0.3 is 24.1 Å². The van der Waals surface area contributed by atoms with Crippen molar-refractivity contribution in [1.82, 2.24) is 10.3 Å². The van der Waals surface area contributed by atoms with Crippen molar-refractivity contribution in [2.24, 2.45) is 5.92 Å². The minimum Gasteiger partial charge on any atom is -0.489 e. The van der Waals surface area contributed by atoms with E-state index in [-0.39, 0.29) is 11.8 Å². The normalized spacial score (nSPS) is 16.9. The van der Waals surface area contributed by atoms with Crippen LogP contribution in [-0.4, -0.2) is 37.2 Å². The molecule has 0 atom stereocenters. The molecule has 1 saturated heterocycles. The fraction of sp³-hybridized carbons (Fsp3) is 0.391. The van der Waals surface area contributed by atoms with Gasteiger partial charge in [-0.15, -0.1) is 0 Å². The molecule has 0 aliphatic carbocycles. The summed E-state index contributed by atoms with van der Waals surface area (Å²) in [5.74, 6) is 1.25. The van der Waals surface area contributed by atoms with Gasteiger partial charge in [-0.25, -0.2) is 0 Å². The Morgan fingerprint density at radius 1 is 1.16 bits per heavy atom. The summed E-state index contributed by atoms with van der Waals surface area (Å²) < 4.78 is 17.2. The maximum atomic E-state index is 12.7. The van der Waals surface area contributed by atoms with E-state index in [0.29, 0.717) is 42.3 Å². The molecular formula is C23H24ClN3O4. The summed E-state index contributed by atoms with van der Waals surface area (Å²) in [6.45, 7) is 3.06. The van der Waals surface area contributed by atoms with E-state index in [0.717, 1.165) is 49.0 Å². The Hall–Kier alpha value is -2.93. The largest absolute Gasteiger partial charge is 0.489 e. The van der Waals surface area contributed by atoms with Crippen LogP contribution in [0.3, 0.4) is 0 Å². The number of hydrogen-bond acceptors (Lipinski definition) is 6. The Labute approximate surface area is 185 Å². The van der Waals surface area contributed by atoms with Gasteiger partial charge in [0.25, 0.3) is 6.01 Å². The molecule has 7 nitrogen and oxygen atoms in total. The highest BCUT2D eigenvalue weighted by molar-refractivity contribution is 6.32. The first-order valence-corrected chi connectivity index (χ1v) is 11.0. The van der Waals surface area contributed by atoms with E-state index >= 15 is 0 Å². The highest BCUT2D eigenvalue weighted by Crippen LogP contribution is 2.38. The molecule has 1 amide bonds. The minimum atomic E-state index is -0.0310. The zero-order chi connectivity index (χ0) is 21.2. The summed E-state index contributed by atoms with van der Waals surface area (Å²) in [6, 6.07) is 12.1. The number of hydrogen-bond donors (Lipinski definition) is 1. The van der Waals surface area contributed by atoms with Crippen LogP contribution in [0.1, 0.15) is 24.8 Å². The molecule has 1 aromatic heterocycles. The average Bonchev–Trinajstić information content (AvgIpc) is 3.08. The number of aromatic nitrogens is 1. The number of para-hydroxylation sites is 2. The summed E-state index contributed by atoms with van der Waals surface area (Å²) >= 11 is 6.35. The highest BCUT2D eigenvalue weighted by atomic mass is 35.5. The SMILES string of the molecule is O=C(NCc1cc(Cl)c2c(c1)OCCCO2)C1CCN(c2nc3ccccc3o2)CC1. The first-order valence-electron chi connectivity index (χ1n) is 10.6. The predicted octanol–water partition coefficient (Wildman–Crippen LogP) is 4.18. The Morgan fingerprint density at radius 2 is 1.97 bits per heavy atom. The Bertz CT molecular complexity index is 1060. The monoisotopic (exact) mass is 441 g/mol. The number of halogens is 1. The molecular weight excluding hydrogens is 418 g/mol. The van der Waals surface area contributed by atoms with Crippen molar-refractivity contribution in [3.05, 3.63) is 47.0 Å². The molecule has 2 aliphatic rings. The molecule has 2 aromatic carbocycles. The first-order chi connectivity index (χ1) is 15.2. The minimum absolute atomic E-state index is 0.0310. The fourth-order valence-corrected chi connectivity index (χ4v) is 4.34. The molecule has 0 radical (unpaired) electrons. The number of ether oxygens (including phenoxy) is 2. The van der Waals surface area contributed by atoms with Gasteiger partial charge in [-0.3, -0.25) is 4.79 Å². The zero-order valence-electron chi connectivity index (χ0n) is 17.1. The van der Waals surface area contributed by atoms with Gasteiger partial charge in [0.15, 0.2) is 17.1 Å². The Morgan fingerprint density at radius 3 is 2.81 bits per heavy atom. The van der Waals surface area contributed by atoms with Crippen molar-refractivity contribution in [3.8, 4) is 11.5 Å². The molecule has 0 unspecified atom stereocenters. The highest BCUT2D eigenvalue weighted by Gasteiger charge is 2.27. The van der Waals surface area contributed by atoms with Gasteiger partial charge in [0.05, 0.1) is 18.2 Å². The van der Waals surface area contributed by atoms with Crippen LogP contribution in [0.2, 0.25) is 5.02 Å². The molecule has 8 heteroatoms. The van der Waals surface area contributed by atoms with Gasteiger partial charge in [-0.05, 0) is 42.7 Å². The number of amides is 1. The van der Waals surface area contributed by atoms with Crippen molar-refractivity contribution in [2.45, 2.75) is 25.8 Å². The van der Waals surface area contributed by atoms with E-state index in [9.17, 15) is 4.79 Å². The van der Waals surface area contributed by atoms with Crippen molar-refractivity contribution >= 4 is 34.6 Å². The maximum Gasteiger partial charge on any atom is 0.298 e. The van der Waals surface area contributed by atoms with Gasteiger partial charge >= 0.3 is 0 Å². The molecule has 162 valence electrons. The van der Waals surface area contributed by atoms with Crippen LogP contribution in [0.25, 0.3) is 11.1 Å². The number of benzene rings is 2. The van der Waals surface area contributed by atoms with Crippen molar-refractivity contribution in [3.63, 3.8) is 0 Å². The second-order valence-electron chi connectivity index (χ2n) is 7.90. The van der Waals surface area contributed by atoms with Crippen molar-refractivity contribution in [1.29, 1.82) is 0 Å². The molecule has 0 saturated carbocycles. The van der Waals surface area contributed by atoms with Crippen LogP contribution in [-0.2, 0) is 11.3 Å². The number of nitrogens with one attached hydrogen (secondary N) is 1.